The molecular formula is C17H29N5O. The van der Waals surface area contributed by atoms with E-state index in [0.29, 0.717) is 12.0 Å². The van der Waals surface area contributed by atoms with Gasteiger partial charge in [0.15, 0.2) is 0 Å². The Bertz CT molecular complexity index is 535. The quantitative estimate of drug-likeness (QED) is 0.827. The minimum Gasteiger partial charge on any atom is -0.340 e. The molecular weight excluding hydrogens is 290 g/mol. The molecule has 0 saturated carbocycles. The Morgan fingerprint density at radius 3 is 2.65 bits per heavy atom. The number of imidazole rings is 1. The van der Waals surface area contributed by atoms with E-state index in [-0.39, 0.29) is 5.91 Å². The number of nitrogens with zero attached hydrogens (tertiary/aromatic N) is 5. The third kappa shape index (κ3) is 3.58. The number of rotatable bonds is 4. The molecule has 2 aliphatic rings. The second-order valence-electron chi connectivity index (χ2n) is 6.91. The van der Waals surface area contributed by atoms with Crippen molar-refractivity contribution in [3.05, 3.63) is 18.2 Å². The van der Waals surface area contributed by atoms with Crippen LogP contribution in [0.2, 0.25) is 0 Å². The number of hydrogen-bond donors (Lipinski definition) is 0. The fourth-order valence-electron chi connectivity index (χ4n) is 4.00. The lowest BCUT2D eigenvalue weighted by molar-refractivity contribution is -0.130. The second kappa shape index (κ2) is 7.01. The number of amides is 1. The van der Waals surface area contributed by atoms with Crippen LogP contribution in [0.25, 0.3) is 0 Å². The molecule has 0 radical (unpaired) electrons. The van der Waals surface area contributed by atoms with Gasteiger partial charge in [0.1, 0.15) is 5.82 Å². The van der Waals surface area contributed by atoms with Gasteiger partial charge in [-0.3, -0.25) is 14.6 Å². The lowest BCUT2D eigenvalue weighted by Crippen LogP contribution is -2.53. The first kappa shape index (κ1) is 16.5. The predicted octanol–water partition coefficient (Wildman–Crippen LogP) is 0.887. The van der Waals surface area contributed by atoms with Crippen LogP contribution in [-0.2, 0) is 17.9 Å². The lowest BCUT2D eigenvalue weighted by Gasteiger charge is -2.39. The highest BCUT2D eigenvalue weighted by molar-refractivity contribution is 5.73. The van der Waals surface area contributed by atoms with Crippen molar-refractivity contribution in [1.29, 1.82) is 0 Å². The summed E-state index contributed by atoms with van der Waals surface area (Å²) in [6.45, 7) is 14.1. The van der Waals surface area contributed by atoms with Crippen LogP contribution in [0.5, 0.6) is 0 Å². The summed E-state index contributed by atoms with van der Waals surface area (Å²) in [5, 5.41) is 0. The van der Waals surface area contributed by atoms with Crippen LogP contribution in [-0.4, -0.2) is 75.5 Å². The van der Waals surface area contributed by atoms with Gasteiger partial charge in [-0.1, -0.05) is 6.92 Å². The molecule has 0 bridgehead atoms. The Hall–Kier alpha value is -1.40. The van der Waals surface area contributed by atoms with Crippen molar-refractivity contribution in [3.63, 3.8) is 0 Å². The largest absolute Gasteiger partial charge is 0.340 e. The first-order chi connectivity index (χ1) is 11.1. The first-order valence-electron chi connectivity index (χ1n) is 8.80. The highest BCUT2D eigenvalue weighted by Crippen LogP contribution is 2.24. The van der Waals surface area contributed by atoms with E-state index >= 15 is 0 Å². The van der Waals surface area contributed by atoms with Gasteiger partial charge in [-0.25, -0.2) is 4.98 Å². The molecule has 23 heavy (non-hydrogen) atoms. The summed E-state index contributed by atoms with van der Waals surface area (Å²) < 4.78 is 2.23. The maximum Gasteiger partial charge on any atom is 0.219 e. The number of carbonyl (C=O) groups is 1. The average Bonchev–Trinajstić information content (AvgIpc) is 3.14. The van der Waals surface area contributed by atoms with Crippen LogP contribution in [0.4, 0.5) is 0 Å². The van der Waals surface area contributed by atoms with E-state index in [1.807, 2.05) is 11.1 Å². The molecule has 2 aliphatic heterocycles. The highest BCUT2D eigenvalue weighted by atomic mass is 16.2. The molecule has 1 aromatic rings. The van der Waals surface area contributed by atoms with Crippen molar-refractivity contribution in [2.45, 2.75) is 39.9 Å². The third-order valence-electron chi connectivity index (χ3n) is 5.38. The smallest absolute Gasteiger partial charge is 0.219 e. The van der Waals surface area contributed by atoms with E-state index < -0.39 is 0 Å². The molecule has 0 aromatic carbocycles. The molecule has 6 nitrogen and oxygen atoms in total. The molecule has 2 fully saturated rings. The molecule has 128 valence electrons. The average molecular weight is 319 g/mol. The Morgan fingerprint density at radius 2 is 2.00 bits per heavy atom. The van der Waals surface area contributed by atoms with Crippen LogP contribution in [0.15, 0.2) is 12.4 Å². The Kier molecular flexibility index (Phi) is 5.02. The number of likely N-dealkylation sites (tertiary alicyclic amines) is 1. The van der Waals surface area contributed by atoms with Gasteiger partial charge >= 0.3 is 0 Å². The van der Waals surface area contributed by atoms with Crippen LogP contribution >= 0.6 is 0 Å². The fraction of sp³-hybridized carbons (Fsp3) is 0.765. The van der Waals surface area contributed by atoms with Gasteiger partial charge in [0, 0.05) is 71.2 Å². The van der Waals surface area contributed by atoms with E-state index in [9.17, 15) is 4.79 Å². The number of aryl methyl sites for hydroxylation is 1. The molecule has 0 N–H and O–H groups in total. The predicted molar refractivity (Wildman–Crippen MR) is 90.0 cm³/mol. The van der Waals surface area contributed by atoms with Gasteiger partial charge < -0.3 is 9.47 Å². The van der Waals surface area contributed by atoms with Crippen LogP contribution in [0.1, 0.15) is 26.6 Å². The zero-order valence-electron chi connectivity index (χ0n) is 14.6. The molecule has 1 aromatic heterocycles. The number of carbonyl (C=O) groups excluding carboxylic acids is 1. The van der Waals surface area contributed by atoms with E-state index in [2.05, 4.69) is 39.4 Å². The molecule has 3 rings (SSSR count). The number of piperazine rings is 1. The van der Waals surface area contributed by atoms with Gasteiger partial charge in [-0.05, 0) is 12.8 Å². The molecule has 1 amide bonds. The minimum atomic E-state index is 0.206. The third-order valence-corrected chi connectivity index (χ3v) is 5.38. The second-order valence-corrected chi connectivity index (χ2v) is 6.91. The summed E-state index contributed by atoms with van der Waals surface area (Å²) in [5.41, 5.74) is 0. The Balaban J connectivity index is 1.56. The summed E-state index contributed by atoms with van der Waals surface area (Å²) in [4.78, 5) is 23.1. The maximum atomic E-state index is 11.5. The fourth-order valence-corrected chi connectivity index (χ4v) is 4.00. The highest BCUT2D eigenvalue weighted by Gasteiger charge is 2.35. The van der Waals surface area contributed by atoms with Crippen LogP contribution in [0.3, 0.4) is 0 Å². The van der Waals surface area contributed by atoms with Gasteiger partial charge in [0.05, 0.1) is 6.54 Å². The SMILES string of the molecule is CCn1ccnc1CN1C[C@@H](C)[C@@H](N2CCN(C(C)=O)CC2)C1. The van der Waals surface area contributed by atoms with E-state index in [0.717, 1.165) is 52.4 Å². The number of aromatic nitrogens is 2. The van der Waals surface area contributed by atoms with Crippen molar-refractivity contribution < 1.29 is 4.79 Å². The molecule has 2 saturated heterocycles. The molecule has 2 atom stereocenters. The van der Waals surface area contributed by atoms with Gasteiger partial charge in [0.2, 0.25) is 5.91 Å². The molecule has 0 spiro atoms. The Labute approximate surface area is 139 Å². The molecule has 6 heteroatoms. The molecule has 0 aliphatic carbocycles. The van der Waals surface area contributed by atoms with E-state index in [4.69, 9.17) is 0 Å². The zero-order chi connectivity index (χ0) is 16.4. The standard InChI is InChI=1S/C17H29N5O/c1-4-20-6-5-18-17(20)13-19-11-14(2)16(12-19)22-9-7-21(8-10-22)15(3)23/h5-6,14,16H,4,7-13H2,1-3H3/t14-,16+/m1/s1. The summed E-state index contributed by atoms with van der Waals surface area (Å²) in [5.74, 6) is 2.04. The van der Waals surface area contributed by atoms with Crippen molar-refractivity contribution >= 4 is 5.91 Å². The Morgan fingerprint density at radius 1 is 1.26 bits per heavy atom. The monoisotopic (exact) mass is 319 g/mol. The van der Waals surface area contributed by atoms with E-state index in [1.165, 1.54) is 5.82 Å². The molecule has 0 unspecified atom stereocenters. The van der Waals surface area contributed by atoms with Crippen molar-refractivity contribution in [2.24, 2.45) is 5.92 Å². The van der Waals surface area contributed by atoms with Gasteiger partial charge in [-0.2, -0.15) is 0 Å². The topological polar surface area (TPSA) is 44.6 Å². The van der Waals surface area contributed by atoms with Gasteiger partial charge in [-0.15, -0.1) is 0 Å². The normalized spacial score (nSPS) is 26.8. The minimum absolute atomic E-state index is 0.206. The van der Waals surface area contributed by atoms with Gasteiger partial charge in [0.25, 0.3) is 0 Å². The summed E-state index contributed by atoms with van der Waals surface area (Å²) in [7, 11) is 0. The van der Waals surface area contributed by atoms with Crippen molar-refractivity contribution in [3.8, 4) is 0 Å². The molecule has 3 heterocycles. The van der Waals surface area contributed by atoms with Crippen LogP contribution < -0.4 is 0 Å². The maximum absolute atomic E-state index is 11.5. The summed E-state index contributed by atoms with van der Waals surface area (Å²) in [6, 6.07) is 0.606. The lowest BCUT2D eigenvalue weighted by atomic mass is 10.0. The number of hydrogen-bond acceptors (Lipinski definition) is 4. The van der Waals surface area contributed by atoms with Crippen LogP contribution in [0, 0.1) is 5.92 Å². The summed E-state index contributed by atoms with van der Waals surface area (Å²) in [6.07, 6.45) is 3.96. The van der Waals surface area contributed by atoms with E-state index in [1.54, 1.807) is 6.92 Å². The zero-order valence-corrected chi connectivity index (χ0v) is 14.6. The first-order valence-corrected chi connectivity index (χ1v) is 8.80. The summed E-state index contributed by atoms with van der Waals surface area (Å²) >= 11 is 0. The van der Waals surface area contributed by atoms with Crippen molar-refractivity contribution in [2.75, 3.05) is 39.3 Å². The van der Waals surface area contributed by atoms with Crippen molar-refractivity contribution in [1.82, 2.24) is 24.3 Å².